The van der Waals surface area contributed by atoms with Crippen molar-refractivity contribution < 1.29 is 18.0 Å². The number of nitrogens with zero attached hydrogens (tertiary/aromatic N) is 3. The zero-order chi connectivity index (χ0) is 15.5. The average Bonchev–Trinajstić information content (AvgIpc) is 2.81. The summed E-state index contributed by atoms with van der Waals surface area (Å²) in [4.78, 5) is 11.7. The van der Waals surface area contributed by atoms with E-state index in [1.807, 2.05) is 0 Å². The first-order chi connectivity index (χ1) is 9.86. The van der Waals surface area contributed by atoms with E-state index >= 15 is 0 Å². The molecule has 9 heteroatoms. The average molecular weight is 316 g/mol. The molecule has 0 aliphatic heterocycles. The molecule has 112 valence electrons. The molecule has 5 nitrogen and oxygen atoms in total. The smallest absolute Gasteiger partial charge is 0.325 e. The summed E-state index contributed by atoms with van der Waals surface area (Å²) in [5.41, 5.74) is -0.444. The van der Waals surface area contributed by atoms with E-state index in [0.717, 1.165) is 12.1 Å². The number of halogens is 3. The van der Waals surface area contributed by atoms with Crippen LogP contribution >= 0.6 is 11.8 Å². The normalized spacial score (nSPS) is 11.4. The minimum atomic E-state index is -4.39. The van der Waals surface area contributed by atoms with Gasteiger partial charge in [-0.3, -0.25) is 4.79 Å². The second-order valence-electron chi connectivity index (χ2n) is 4.14. The molecule has 0 radical (unpaired) electrons. The molecule has 0 unspecified atom stereocenters. The highest BCUT2D eigenvalue weighted by Gasteiger charge is 2.29. The standard InChI is InChI=1S/C12H11F3N4OS/c1-19-7-16-18-11(19)21-6-10(20)17-9-4-2-8(3-5-9)12(13,14)15/h2-5,7H,6H2,1H3,(H,17,20). The molecule has 0 bridgehead atoms. The van der Waals surface area contributed by atoms with Gasteiger partial charge in [0.05, 0.1) is 11.3 Å². The molecule has 0 aliphatic rings. The molecule has 0 aliphatic carbocycles. The van der Waals surface area contributed by atoms with Crippen molar-refractivity contribution in [1.29, 1.82) is 0 Å². The molecule has 2 aromatic rings. The predicted octanol–water partition coefficient (Wildman–Crippen LogP) is 2.56. The number of nitrogens with one attached hydrogen (secondary N) is 1. The van der Waals surface area contributed by atoms with Gasteiger partial charge in [0.1, 0.15) is 6.33 Å². The van der Waals surface area contributed by atoms with Gasteiger partial charge >= 0.3 is 6.18 Å². The third kappa shape index (κ3) is 4.22. The number of carbonyl (C=O) groups excluding carboxylic acids is 1. The molecule has 0 spiro atoms. The van der Waals surface area contributed by atoms with Crippen LogP contribution in [0, 0.1) is 0 Å². The largest absolute Gasteiger partial charge is 0.416 e. The van der Waals surface area contributed by atoms with Crippen LogP contribution in [-0.4, -0.2) is 26.4 Å². The van der Waals surface area contributed by atoms with Gasteiger partial charge in [0.25, 0.3) is 0 Å². The maximum absolute atomic E-state index is 12.4. The number of amides is 1. The van der Waals surface area contributed by atoms with Crippen LogP contribution in [0.5, 0.6) is 0 Å². The Bertz CT molecular complexity index is 624. The Balaban J connectivity index is 1.89. The van der Waals surface area contributed by atoms with Crippen LogP contribution in [0.4, 0.5) is 18.9 Å². The predicted molar refractivity (Wildman–Crippen MR) is 71.8 cm³/mol. The molecular formula is C12H11F3N4OS. The number of benzene rings is 1. The third-order valence-corrected chi connectivity index (χ3v) is 3.53. The zero-order valence-electron chi connectivity index (χ0n) is 10.9. The van der Waals surface area contributed by atoms with Crippen LogP contribution in [0.3, 0.4) is 0 Å². The van der Waals surface area contributed by atoms with E-state index in [0.29, 0.717) is 10.8 Å². The number of hydrogen-bond acceptors (Lipinski definition) is 4. The molecule has 21 heavy (non-hydrogen) atoms. The number of rotatable bonds is 4. The van der Waals surface area contributed by atoms with Crippen LogP contribution in [0.25, 0.3) is 0 Å². The topological polar surface area (TPSA) is 59.8 Å². The van der Waals surface area contributed by atoms with Gasteiger partial charge in [0, 0.05) is 12.7 Å². The number of thioether (sulfide) groups is 1. The highest BCUT2D eigenvalue weighted by molar-refractivity contribution is 7.99. The Labute approximate surface area is 122 Å². The van der Waals surface area contributed by atoms with Gasteiger partial charge in [-0.2, -0.15) is 13.2 Å². The SMILES string of the molecule is Cn1cnnc1SCC(=O)Nc1ccc(C(F)(F)F)cc1. The van der Waals surface area contributed by atoms with Crippen molar-refractivity contribution in [2.45, 2.75) is 11.3 Å². The summed E-state index contributed by atoms with van der Waals surface area (Å²) in [6.45, 7) is 0. The van der Waals surface area contributed by atoms with Crippen molar-refractivity contribution in [3.05, 3.63) is 36.2 Å². The van der Waals surface area contributed by atoms with Crippen LogP contribution in [0.1, 0.15) is 5.56 Å². The maximum Gasteiger partial charge on any atom is 0.416 e. The highest BCUT2D eigenvalue weighted by Crippen LogP contribution is 2.29. The second-order valence-corrected chi connectivity index (χ2v) is 5.08. The summed E-state index contributed by atoms with van der Waals surface area (Å²) < 4.78 is 38.8. The van der Waals surface area contributed by atoms with Crippen molar-refractivity contribution >= 4 is 23.4 Å². The lowest BCUT2D eigenvalue weighted by atomic mass is 10.2. The Kier molecular flexibility index (Phi) is 4.51. The van der Waals surface area contributed by atoms with Gasteiger partial charge in [0.2, 0.25) is 5.91 Å². The van der Waals surface area contributed by atoms with Gasteiger partial charge in [-0.05, 0) is 24.3 Å². The monoisotopic (exact) mass is 316 g/mol. The van der Waals surface area contributed by atoms with Crippen molar-refractivity contribution in [2.24, 2.45) is 7.05 Å². The Morgan fingerprint density at radius 3 is 2.52 bits per heavy atom. The van der Waals surface area contributed by atoms with E-state index in [1.54, 1.807) is 11.6 Å². The van der Waals surface area contributed by atoms with Crippen LogP contribution in [-0.2, 0) is 18.0 Å². The lowest BCUT2D eigenvalue weighted by Crippen LogP contribution is -2.14. The first-order valence-electron chi connectivity index (χ1n) is 5.80. The molecule has 0 fully saturated rings. The highest BCUT2D eigenvalue weighted by atomic mass is 32.2. The van der Waals surface area contributed by atoms with Crippen molar-refractivity contribution in [2.75, 3.05) is 11.1 Å². The van der Waals surface area contributed by atoms with Crippen molar-refractivity contribution in [3.63, 3.8) is 0 Å². The summed E-state index contributed by atoms with van der Waals surface area (Å²) >= 11 is 1.19. The maximum atomic E-state index is 12.4. The number of alkyl halides is 3. The lowest BCUT2D eigenvalue weighted by Gasteiger charge is -2.08. The van der Waals surface area contributed by atoms with E-state index in [4.69, 9.17) is 0 Å². The molecule has 1 aromatic carbocycles. The molecular weight excluding hydrogens is 305 g/mol. The quantitative estimate of drug-likeness (QED) is 0.881. The summed E-state index contributed by atoms with van der Waals surface area (Å²) in [5, 5.41) is 10.6. The molecule has 1 amide bonds. The molecule has 0 atom stereocenters. The first kappa shape index (κ1) is 15.4. The molecule has 1 heterocycles. The van der Waals surface area contributed by atoms with Gasteiger partial charge < -0.3 is 9.88 Å². The first-order valence-corrected chi connectivity index (χ1v) is 6.79. The minimum absolute atomic E-state index is 0.0908. The minimum Gasteiger partial charge on any atom is -0.325 e. The van der Waals surface area contributed by atoms with Crippen LogP contribution < -0.4 is 5.32 Å². The molecule has 1 aromatic heterocycles. The van der Waals surface area contributed by atoms with Crippen LogP contribution in [0.2, 0.25) is 0 Å². The van der Waals surface area contributed by atoms with Crippen LogP contribution in [0.15, 0.2) is 35.7 Å². The second kappa shape index (κ2) is 6.17. The summed E-state index contributed by atoms with van der Waals surface area (Å²) in [5.74, 6) is -0.240. The Morgan fingerprint density at radius 1 is 1.33 bits per heavy atom. The summed E-state index contributed by atoms with van der Waals surface area (Å²) in [6.07, 6.45) is -2.88. The van der Waals surface area contributed by atoms with Gasteiger partial charge in [-0.25, -0.2) is 0 Å². The van der Waals surface area contributed by atoms with E-state index < -0.39 is 11.7 Å². The van der Waals surface area contributed by atoms with E-state index in [-0.39, 0.29) is 11.7 Å². The van der Waals surface area contributed by atoms with Gasteiger partial charge in [0.15, 0.2) is 5.16 Å². The third-order valence-electron chi connectivity index (χ3n) is 2.50. The van der Waals surface area contributed by atoms with E-state index in [2.05, 4.69) is 15.5 Å². The molecule has 0 saturated heterocycles. The molecule has 1 N–H and O–H groups in total. The van der Waals surface area contributed by atoms with E-state index in [1.165, 1.54) is 30.2 Å². The van der Waals surface area contributed by atoms with E-state index in [9.17, 15) is 18.0 Å². The number of aryl methyl sites for hydroxylation is 1. The fourth-order valence-electron chi connectivity index (χ4n) is 1.47. The number of anilines is 1. The fraction of sp³-hybridized carbons (Fsp3) is 0.250. The zero-order valence-corrected chi connectivity index (χ0v) is 11.7. The van der Waals surface area contributed by atoms with Gasteiger partial charge in [-0.15, -0.1) is 10.2 Å². The summed E-state index contributed by atoms with van der Waals surface area (Å²) in [7, 11) is 1.75. The Morgan fingerprint density at radius 2 is 2.00 bits per heavy atom. The Hall–Kier alpha value is -2.03. The lowest BCUT2D eigenvalue weighted by molar-refractivity contribution is -0.137. The number of carbonyl (C=O) groups is 1. The fourth-order valence-corrected chi connectivity index (χ4v) is 2.16. The molecule has 2 rings (SSSR count). The van der Waals surface area contributed by atoms with Crippen molar-refractivity contribution in [3.8, 4) is 0 Å². The number of hydrogen-bond donors (Lipinski definition) is 1. The summed E-state index contributed by atoms with van der Waals surface area (Å²) in [6, 6.07) is 4.28. The van der Waals surface area contributed by atoms with Gasteiger partial charge in [-0.1, -0.05) is 11.8 Å². The van der Waals surface area contributed by atoms with Crippen molar-refractivity contribution in [1.82, 2.24) is 14.8 Å². The number of aromatic nitrogens is 3. The molecule has 0 saturated carbocycles.